The van der Waals surface area contributed by atoms with Crippen molar-refractivity contribution >= 4 is 51.2 Å². The minimum Gasteiger partial charge on any atom is -0.377 e. The quantitative estimate of drug-likeness (QED) is 0.122. The van der Waals surface area contributed by atoms with Crippen LogP contribution in [0.5, 0.6) is 0 Å². The molecule has 0 unspecified atom stereocenters. The summed E-state index contributed by atoms with van der Waals surface area (Å²) in [7, 11) is 3.95. The van der Waals surface area contributed by atoms with Crippen LogP contribution in [0.1, 0.15) is 22.3 Å². The first-order valence-corrected chi connectivity index (χ1v) is 14.9. The van der Waals surface area contributed by atoms with Gasteiger partial charge >= 0.3 is 23.4 Å². The van der Waals surface area contributed by atoms with E-state index in [1.54, 1.807) is 36.4 Å². The second-order valence-electron chi connectivity index (χ2n) is 11.2. The predicted octanol–water partition coefficient (Wildman–Crippen LogP) is 5.04. The van der Waals surface area contributed by atoms with Crippen molar-refractivity contribution in [3.05, 3.63) is 122 Å². The van der Waals surface area contributed by atoms with Crippen LogP contribution in [0.3, 0.4) is 0 Å². The Morgan fingerprint density at radius 1 is 0.638 bits per heavy atom. The number of H-pyrrole nitrogens is 4. The molecule has 2 aromatic heterocycles. The first-order chi connectivity index (χ1) is 22.5. The maximum atomic E-state index is 12.2. The van der Waals surface area contributed by atoms with Crippen LogP contribution in [0.25, 0.3) is 22.1 Å². The third kappa shape index (κ3) is 8.28. The number of hydrogen-bond donors (Lipinski definition) is 8. The van der Waals surface area contributed by atoms with Crippen LogP contribution in [0.15, 0.2) is 88.5 Å². The average molecular weight is 636 g/mol. The number of aromatic nitrogens is 4. The number of para-hydroxylation sites is 2. The molecule has 47 heavy (non-hydrogen) atoms. The summed E-state index contributed by atoms with van der Waals surface area (Å²) in [5, 5.41) is 11.2. The maximum absolute atomic E-state index is 12.2. The van der Waals surface area contributed by atoms with E-state index in [1.165, 1.54) is 11.1 Å². The molecule has 0 radical (unpaired) electrons. The molecule has 0 aliphatic heterocycles. The van der Waals surface area contributed by atoms with Gasteiger partial charge in [0.2, 0.25) is 0 Å². The van der Waals surface area contributed by atoms with E-state index in [9.17, 15) is 19.2 Å². The van der Waals surface area contributed by atoms with E-state index in [0.717, 1.165) is 16.8 Å². The molecule has 13 nitrogen and oxygen atoms in total. The van der Waals surface area contributed by atoms with Crippen molar-refractivity contribution in [1.82, 2.24) is 30.6 Å². The number of imidazole rings is 2. The second-order valence-corrected chi connectivity index (χ2v) is 11.2. The topological polar surface area (TPSA) is 183 Å². The largest absolute Gasteiger partial charge is 0.377 e. The van der Waals surface area contributed by atoms with Crippen molar-refractivity contribution in [3.8, 4) is 0 Å². The Kier molecular flexibility index (Phi) is 9.75. The molecule has 242 valence electrons. The average Bonchev–Trinajstić information content (AvgIpc) is 3.62. The number of amides is 4. The maximum Gasteiger partial charge on any atom is 0.323 e. The van der Waals surface area contributed by atoms with Crippen molar-refractivity contribution in [3.63, 3.8) is 0 Å². The van der Waals surface area contributed by atoms with Gasteiger partial charge in [-0.15, -0.1) is 0 Å². The van der Waals surface area contributed by atoms with Crippen LogP contribution in [-0.4, -0.2) is 46.1 Å². The lowest BCUT2D eigenvalue weighted by Crippen LogP contribution is -2.29. The van der Waals surface area contributed by atoms with E-state index < -0.39 is 0 Å². The van der Waals surface area contributed by atoms with Crippen LogP contribution in [0.2, 0.25) is 0 Å². The molecular weight excluding hydrogens is 598 g/mol. The fourth-order valence-electron chi connectivity index (χ4n) is 4.96. The van der Waals surface area contributed by atoms with Crippen LogP contribution in [0.4, 0.5) is 26.7 Å². The lowest BCUT2D eigenvalue weighted by Gasteiger charge is -2.18. The van der Waals surface area contributed by atoms with Crippen LogP contribution in [0, 0.1) is 13.8 Å². The number of rotatable bonds is 7. The van der Waals surface area contributed by atoms with E-state index >= 15 is 0 Å². The zero-order valence-corrected chi connectivity index (χ0v) is 26.5. The molecule has 6 rings (SSSR count). The predicted molar refractivity (Wildman–Crippen MR) is 186 cm³/mol. The van der Waals surface area contributed by atoms with Gasteiger partial charge in [-0.25, -0.2) is 19.2 Å². The Morgan fingerprint density at radius 3 is 1.68 bits per heavy atom. The summed E-state index contributed by atoms with van der Waals surface area (Å²) in [4.78, 5) is 59.6. The minimum absolute atomic E-state index is 0.302. The number of aryl methyl sites for hydroxylation is 2. The molecule has 0 fully saturated rings. The molecule has 0 aliphatic carbocycles. The zero-order chi connectivity index (χ0) is 33.5. The monoisotopic (exact) mass is 635 g/mol. The molecule has 4 amide bonds. The molecule has 4 aromatic carbocycles. The first-order valence-electron chi connectivity index (χ1n) is 14.9. The second kappa shape index (κ2) is 14.2. The Balaban J connectivity index is 0.000000186. The van der Waals surface area contributed by atoms with Gasteiger partial charge in [-0.05, 0) is 60.9 Å². The van der Waals surface area contributed by atoms with E-state index in [1.807, 2.05) is 69.2 Å². The van der Waals surface area contributed by atoms with Gasteiger partial charge in [-0.2, -0.15) is 0 Å². The SMILES string of the molecule is Cc1ccc(CNC(=O)Nc2cccc3[nH]c(=O)[nH]c23)c(N(C)C)c1.Cc1ccc(CNC(=O)Nc2cccc3[nH]c(=O)[nH]c23)cc1. The molecule has 0 spiro atoms. The fraction of sp³-hybridized carbons (Fsp3) is 0.176. The molecule has 0 bridgehead atoms. The van der Waals surface area contributed by atoms with E-state index in [0.29, 0.717) is 46.5 Å². The van der Waals surface area contributed by atoms with E-state index in [2.05, 4.69) is 47.3 Å². The van der Waals surface area contributed by atoms with Gasteiger partial charge in [-0.1, -0.05) is 54.1 Å². The highest BCUT2D eigenvalue weighted by atomic mass is 16.2. The molecule has 0 saturated carbocycles. The molecule has 0 atom stereocenters. The molecule has 6 aromatic rings. The van der Waals surface area contributed by atoms with Crippen molar-refractivity contribution < 1.29 is 9.59 Å². The van der Waals surface area contributed by atoms with Gasteiger partial charge in [0, 0.05) is 32.9 Å². The van der Waals surface area contributed by atoms with Gasteiger partial charge < -0.3 is 46.1 Å². The number of carbonyl (C=O) groups is 2. The van der Waals surface area contributed by atoms with E-state index in [-0.39, 0.29) is 23.4 Å². The summed E-state index contributed by atoms with van der Waals surface area (Å²) in [6, 6.07) is 23.9. The lowest BCUT2D eigenvalue weighted by atomic mass is 10.1. The van der Waals surface area contributed by atoms with Crippen LogP contribution < -0.4 is 37.5 Å². The number of fused-ring (bicyclic) bond motifs is 2. The Hall–Kier alpha value is -6.24. The normalized spacial score (nSPS) is 10.6. The van der Waals surface area contributed by atoms with Crippen LogP contribution >= 0.6 is 0 Å². The van der Waals surface area contributed by atoms with Gasteiger partial charge in [0.15, 0.2) is 0 Å². The van der Waals surface area contributed by atoms with Gasteiger partial charge in [0.1, 0.15) is 0 Å². The van der Waals surface area contributed by atoms with Crippen molar-refractivity contribution in [2.45, 2.75) is 26.9 Å². The third-order valence-corrected chi connectivity index (χ3v) is 7.33. The molecule has 2 heterocycles. The summed E-state index contributed by atoms with van der Waals surface area (Å²) in [6.45, 7) is 4.89. The summed E-state index contributed by atoms with van der Waals surface area (Å²) >= 11 is 0. The Morgan fingerprint density at radius 2 is 1.15 bits per heavy atom. The standard InChI is InChI=1S/C18H21N5O2.C16H16N4O2/c1-11-7-8-12(15(9-11)23(2)3)10-19-17(24)20-13-5-4-6-14-16(13)22-18(25)21-14;1-10-5-7-11(8-6-10)9-17-15(21)18-12-3-2-4-13-14(12)20-16(22)19-13/h4-9H,10H2,1-3H3,(H2,19,20,24)(H2,21,22,25);2-8H,9H2,1H3,(H2,17,18,21)(H2,19,20,22). The summed E-state index contributed by atoms with van der Waals surface area (Å²) in [5.41, 5.74) is 8.41. The van der Waals surface area contributed by atoms with Crippen molar-refractivity contribution in [2.24, 2.45) is 0 Å². The summed E-state index contributed by atoms with van der Waals surface area (Å²) in [6.07, 6.45) is 0. The number of nitrogens with one attached hydrogen (secondary N) is 8. The molecule has 13 heteroatoms. The highest BCUT2D eigenvalue weighted by molar-refractivity contribution is 5.99. The highest BCUT2D eigenvalue weighted by Crippen LogP contribution is 2.21. The van der Waals surface area contributed by atoms with Gasteiger partial charge in [0.05, 0.1) is 33.4 Å². The van der Waals surface area contributed by atoms with Gasteiger partial charge in [-0.3, -0.25) is 0 Å². The Labute approximate surface area is 269 Å². The smallest absolute Gasteiger partial charge is 0.323 e. The van der Waals surface area contributed by atoms with Crippen LogP contribution in [-0.2, 0) is 13.1 Å². The van der Waals surface area contributed by atoms with Crippen molar-refractivity contribution in [2.75, 3.05) is 29.6 Å². The van der Waals surface area contributed by atoms with Crippen molar-refractivity contribution in [1.29, 1.82) is 0 Å². The number of nitrogens with zero attached hydrogens (tertiary/aromatic N) is 1. The zero-order valence-electron chi connectivity index (χ0n) is 26.5. The minimum atomic E-state index is -0.333. The Bertz CT molecular complexity index is 2140. The molecular formula is C34H37N9O4. The van der Waals surface area contributed by atoms with E-state index in [4.69, 9.17) is 0 Å². The number of benzene rings is 4. The fourth-order valence-corrected chi connectivity index (χ4v) is 4.96. The number of aromatic amines is 4. The number of urea groups is 2. The van der Waals surface area contributed by atoms with Gasteiger partial charge in [0.25, 0.3) is 0 Å². The molecule has 0 saturated heterocycles. The number of carbonyl (C=O) groups excluding carboxylic acids is 2. The molecule has 8 N–H and O–H groups in total. The first kappa shape index (κ1) is 32.2. The third-order valence-electron chi connectivity index (χ3n) is 7.33. The summed E-state index contributed by atoms with van der Waals surface area (Å²) < 4.78 is 0. The number of hydrogen-bond acceptors (Lipinski definition) is 5. The highest BCUT2D eigenvalue weighted by Gasteiger charge is 2.11. The number of anilines is 3. The lowest BCUT2D eigenvalue weighted by molar-refractivity contribution is 0.251. The molecule has 0 aliphatic rings. The summed E-state index contributed by atoms with van der Waals surface area (Å²) in [5.74, 6) is 0.